The summed E-state index contributed by atoms with van der Waals surface area (Å²) >= 11 is 1.51. The average molecular weight is 331 g/mol. The lowest BCUT2D eigenvalue weighted by Crippen LogP contribution is -2.43. The minimum absolute atomic E-state index is 0.0157. The van der Waals surface area contributed by atoms with Gasteiger partial charge in [0, 0.05) is 18.7 Å². The van der Waals surface area contributed by atoms with Crippen LogP contribution in [0, 0.1) is 5.92 Å². The van der Waals surface area contributed by atoms with Crippen LogP contribution < -0.4 is 5.32 Å². The monoisotopic (exact) mass is 331 g/mol. The predicted molar refractivity (Wildman–Crippen MR) is 90.2 cm³/mol. The quantitative estimate of drug-likeness (QED) is 0.847. The molecule has 2 atom stereocenters. The fourth-order valence-electron chi connectivity index (χ4n) is 2.78. The molecule has 122 valence electrons. The molecule has 3 rings (SSSR count). The first-order chi connectivity index (χ1) is 11.2. The molecule has 0 unspecified atom stereocenters. The summed E-state index contributed by atoms with van der Waals surface area (Å²) in [5, 5.41) is 5.80. The Balaban J connectivity index is 1.57. The minimum atomic E-state index is -0.0157. The highest BCUT2D eigenvalue weighted by molar-refractivity contribution is 7.13. The topological polar surface area (TPSA) is 64.1 Å². The van der Waals surface area contributed by atoms with Crippen molar-refractivity contribution in [3.63, 3.8) is 0 Å². The van der Waals surface area contributed by atoms with E-state index in [-0.39, 0.29) is 24.5 Å². The van der Waals surface area contributed by atoms with Crippen molar-refractivity contribution in [1.82, 2.24) is 15.3 Å². The SMILES string of the molecule is CO[C@H](C1CC1)[C@H](C)NC(=O)Cc1csc(-c2ccccn2)n1. The molecule has 1 fully saturated rings. The van der Waals surface area contributed by atoms with Crippen LogP contribution in [0.25, 0.3) is 10.7 Å². The van der Waals surface area contributed by atoms with Gasteiger partial charge in [-0.2, -0.15) is 0 Å². The van der Waals surface area contributed by atoms with Gasteiger partial charge in [0.2, 0.25) is 5.91 Å². The molecule has 2 aromatic rings. The number of aromatic nitrogens is 2. The fourth-order valence-corrected chi connectivity index (χ4v) is 3.57. The van der Waals surface area contributed by atoms with Gasteiger partial charge in [-0.1, -0.05) is 6.07 Å². The average Bonchev–Trinajstić information content (AvgIpc) is 3.27. The van der Waals surface area contributed by atoms with Gasteiger partial charge in [0.1, 0.15) is 5.01 Å². The number of carbonyl (C=O) groups is 1. The van der Waals surface area contributed by atoms with E-state index in [0.29, 0.717) is 5.92 Å². The summed E-state index contributed by atoms with van der Waals surface area (Å²) < 4.78 is 5.51. The Bertz CT molecular complexity index is 655. The lowest BCUT2D eigenvalue weighted by atomic mass is 10.1. The van der Waals surface area contributed by atoms with Crippen LogP contribution in [0.2, 0.25) is 0 Å². The maximum Gasteiger partial charge on any atom is 0.226 e. The number of pyridine rings is 1. The molecule has 0 aromatic carbocycles. The van der Waals surface area contributed by atoms with Crippen LogP contribution in [-0.2, 0) is 16.0 Å². The standard InChI is InChI=1S/C17H21N3O2S/c1-11(16(22-2)12-6-7-12)19-15(21)9-13-10-23-17(20-13)14-5-3-4-8-18-14/h3-5,8,10-12,16H,6-7,9H2,1-2H3,(H,19,21)/t11-,16-/m0/s1. The highest BCUT2D eigenvalue weighted by atomic mass is 32.1. The summed E-state index contributed by atoms with van der Waals surface area (Å²) in [6, 6.07) is 5.75. The molecule has 1 saturated carbocycles. The van der Waals surface area contributed by atoms with E-state index in [9.17, 15) is 4.79 Å². The molecule has 1 aliphatic rings. The second kappa shape index (κ2) is 7.19. The Hall–Kier alpha value is -1.79. The maximum atomic E-state index is 12.2. The van der Waals surface area contributed by atoms with Crippen molar-refractivity contribution < 1.29 is 9.53 Å². The van der Waals surface area contributed by atoms with Crippen molar-refractivity contribution in [2.75, 3.05) is 7.11 Å². The van der Waals surface area contributed by atoms with Crippen molar-refractivity contribution in [2.24, 2.45) is 5.92 Å². The molecule has 2 aromatic heterocycles. The summed E-state index contributed by atoms with van der Waals surface area (Å²) in [7, 11) is 1.71. The Morgan fingerprint density at radius 3 is 2.96 bits per heavy atom. The molecule has 0 aliphatic heterocycles. The third kappa shape index (κ3) is 4.14. The van der Waals surface area contributed by atoms with E-state index in [1.54, 1.807) is 13.3 Å². The molecule has 23 heavy (non-hydrogen) atoms. The molecular formula is C17H21N3O2S. The van der Waals surface area contributed by atoms with Crippen molar-refractivity contribution in [2.45, 2.75) is 38.3 Å². The minimum Gasteiger partial charge on any atom is -0.379 e. The van der Waals surface area contributed by atoms with E-state index in [1.165, 1.54) is 24.2 Å². The Morgan fingerprint density at radius 1 is 1.48 bits per heavy atom. The van der Waals surface area contributed by atoms with E-state index in [4.69, 9.17) is 4.74 Å². The van der Waals surface area contributed by atoms with Gasteiger partial charge >= 0.3 is 0 Å². The Labute approximate surface area is 140 Å². The first-order valence-corrected chi connectivity index (χ1v) is 8.73. The number of rotatable bonds is 7. The van der Waals surface area contributed by atoms with E-state index < -0.39 is 0 Å². The van der Waals surface area contributed by atoms with Crippen LogP contribution in [0.1, 0.15) is 25.5 Å². The summed E-state index contributed by atoms with van der Waals surface area (Å²) in [5.74, 6) is 0.573. The van der Waals surface area contributed by atoms with Gasteiger partial charge < -0.3 is 10.1 Å². The van der Waals surface area contributed by atoms with Crippen LogP contribution in [0.15, 0.2) is 29.8 Å². The molecule has 0 spiro atoms. The van der Waals surface area contributed by atoms with Crippen molar-refractivity contribution >= 4 is 17.2 Å². The fraction of sp³-hybridized carbons (Fsp3) is 0.471. The number of ether oxygens (including phenoxy) is 1. The number of amides is 1. The number of methoxy groups -OCH3 is 1. The molecule has 2 heterocycles. The molecule has 0 bridgehead atoms. The zero-order chi connectivity index (χ0) is 16.2. The molecule has 0 saturated heterocycles. The van der Waals surface area contributed by atoms with E-state index in [1.807, 2.05) is 30.5 Å². The third-order valence-corrected chi connectivity index (χ3v) is 4.93. The van der Waals surface area contributed by atoms with Crippen molar-refractivity contribution in [3.05, 3.63) is 35.5 Å². The molecule has 5 nitrogen and oxygen atoms in total. The van der Waals surface area contributed by atoms with E-state index in [2.05, 4.69) is 15.3 Å². The van der Waals surface area contributed by atoms with Crippen molar-refractivity contribution in [1.29, 1.82) is 0 Å². The van der Waals surface area contributed by atoms with Crippen LogP contribution in [0.4, 0.5) is 0 Å². The summed E-state index contributed by atoms with van der Waals surface area (Å²) in [6.45, 7) is 2.00. The molecule has 1 aliphatic carbocycles. The maximum absolute atomic E-state index is 12.2. The van der Waals surface area contributed by atoms with Crippen LogP contribution in [-0.4, -0.2) is 35.1 Å². The summed E-state index contributed by atoms with van der Waals surface area (Å²) in [6.07, 6.45) is 4.53. The van der Waals surface area contributed by atoms with Gasteiger partial charge in [0.25, 0.3) is 0 Å². The summed E-state index contributed by atoms with van der Waals surface area (Å²) in [4.78, 5) is 21.0. The number of carbonyl (C=O) groups excluding carboxylic acids is 1. The van der Waals surface area contributed by atoms with Gasteiger partial charge in [-0.3, -0.25) is 9.78 Å². The lowest BCUT2D eigenvalue weighted by molar-refractivity contribution is -0.122. The van der Waals surface area contributed by atoms with Gasteiger partial charge in [0.15, 0.2) is 0 Å². The first-order valence-electron chi connectivity index (χ1n) is 7.85. The normalized spacial score (nSPS) is 16.8. The molecule has 0 radical (unpaired) electrons. The molecule has 6 heteroatoms. The lowest BCUT2D eigenvalue weighted by Gasteiger charge is -2.23. The van der Waals surface area contributed by atoms with Gasteiger partial charge in [-0.05, 0) is 37.8 Å². The third-order valence-electron chi connectivity index (χ3n) is 4.02. The predicted octanol–water partition coefficient (Wildman–Crippen LogP) is 2.68. The molecular weight excluding hydrogens is 310 g/mol. The summed E-state index contributed by atoms with van der Waals surface area (Å²) in [5.41, 5.74) is 1.62. The van der Waals surface area contributed by atoms with Gasteiger partial charge in [-0.25, -0.2) is 4.98 Å². The van der Waals surface area contributed by atoms with Crippen molar-refractivity contribution in [3.8, 4) is 10.7 Å². The van der Waals surface area contributed by atoms with Crippen LogP contribution >= 0.6 is 11.3 Å². The van der Waals surface area contributed by atoms with Gasteiger partial charge in [0.05, 0.1) is 30.0 Å². The zero-order valence-electron chi connectivity index (χ0n) is 13.4. The number of hydrogen-bond donors (Lipinski definition) is 1. The molecule has 1 amide bonds. The largest absolute Gasteiger partial charge is 0.379 e. The smallest absolute Gasteiger partial charge is 0.226 e. The molecule has 1 N–H and O–H groups in total. The Kier molecular flexibility index (Phi) is 5.03. The number of nitrogens with zero attached hydrogens (tertiary/aromatic N) is 2. The number of nitrogens with one attached hydrogen (secondary N) is 1. The van der Waals surface area contributed by atoms with E-state index >= 15 is 0 Å². The zero-order valence-corrected chi connectivity index (χ0v) is 14.2. The van der Waals surface area contributed by atoms with Crippen LogP contribution in [0.5, 0.6) is 0 Å². The van der Waals surface area contributed by atoms with Crippen LogP contribution in [0.3, 0.4) is 0 Å². The van der Waals surface area contributed by atoms with E-state index in [0.717, 1.165) is 16.4 Å². The second-order valence-electron chi connectivity index (χ2n) is 5.93. The highest BCUT2D eigenvalue weighted by Crippen LogP contribution is 2.35. The highest BCUT2D eigenvalue weighted by Gasteiger charge is 2.35. The Morgan fingerprint density at radius 2 is 2.30 bits per heavy atom. The number of hydrogen-bond acceptors (Lipinski definition) is 5. The van der Waals surface area contributed by atoms with Gasteiger partial charge in [-0.15, -0.1) is 11.3 Å². The first kappa shape index (κ1) is 16.1. The number of thiazole rings is 1. The second-order valence-corrected chi connectivity index (χ2v) is 6.79.